The van der Waals surface area contributed by atoms with Crippen LogP contribution in [0.2, 0.25) is 0 Å². The van der Waals surface area contributed by atoms with Crippen molar-refractivity contribution in [2.45, 2.75) is 39.2 Å². The fourth-order valence-electron chi connectivity index (χ4n) is 2.29. The fraction of sp³-hybridized carbons (Fsp3) is 0.389. The first-order valence-electron chi connectivity index (χ1n) is 7.97. The largest absolute Gasteiger partial charge is 0.481 e. The zero-order chi connectivity index (χ0) is 17.5. The Morgan fingerprint density at radius 2 is 1.96 bits per heavy atom. The first-order valence-corrected chi connectivity index (χ1v) is 8.85. The van der Waals surface area contributed by atoms with E-state index in [0.717, 1.165) is 10.6 Å². The number of carboxylic acids is 1. The Morgan fingerprint density at radius 3 is 2.54 bits per heavy atom. The van der Waals surface area contributed by atoms with E-state index < -0.39 is 5.97 Å². The van der Waals surface area contributed by atoms with Crippen molar-refractivity contribution < 1.29 is 14.7 Å². The average Bonchev–Trinajstić information content (AvgIpc) is 3.04. The van der Waals surface area contributed by atoms with Gasteiger partial charge in [-0.3, -0.25) is 9.59 Å². The maximum atomic E-state index is 12.8. The molecule has 0 bridgehead atoms. The first kappa shape index (κ1) is 18.1. The van der Waals surface area contributed by atoms with Gasteiger partial charge in [0.1, 0.15) is 5.69 Å². The highest BCUT2D eigenvalue weighted by molar-refractivity contribution is 7.09. The van der Waals surface area contributed by atoms with Crippen molar-refractivity contribution in [3.8, 4) is 0 Å². The lowest BCUT2D eigenvalue weighted by Gasteiger charge is -2.21. The highest BCUT2D eigenvalue weighted by Crippen LogP contribution is 2.20. The van der Waals surface area contributed by atoms with Crippen LogP contribution in [0.1, 0.15) is 53.7 Å². The number of benzene rings is 1. The topological polar surface area (TPSA) is 70.5 Å². The molecule has 0 fully saturated rings. The van der Waals surface area contributed by atoms with Crippen molar-refractivity contribution >= 4 is 23.2 Å². The maximum Gasteiger partial charge on any atom is 0.303 e. The van der Waals surface area contributed by atoms with Crippen LogP contribution in [0.4, 0.5) is 0 Å². The second kappa shape index (κ2) is 8.59. The van der Waals surface area contributed by atoms with Crippen molar-refractivity contribution in [3.05, 3.63) is 52.0 Å². The number of hydrogen-bond acceptors (Lipinski definition) is 4. The molecule has 0 atom stereocenters. The molecule has 0 aliphatic carbocycles. The third-order valence-corrected chi connectivity index (χ3v) is 4.70. The van der Waals surface area contributed by atoms with E-state index >= 15 is 0 Å². The van der Waals surface area contributed by atoms with Crippen LogP contribution in [-0.4, -0.2) is 33.4 Å². The van der Waals surface area contributed by atoms with Gasteiger partial charge in [-0.25, -0.2) is 4.98 Å². The number of amides is 1. The summed E-state index contributed by atoms with van der Waals surface area (Å²) in [5.41, 5.74) is 1.45. The van der Waals surface area contributed by atoms with Crippen LogP contribution >= 0.6 is 11.3 Å². The Kier molecular flexibility index (Phi) is 6.49. The molecule has 0 radical (unpaired) electrons. The molecule has 6 heteroatoms. The Hall–Kier alpha value is -2.21. The van der Waals surface area contributed by atoms with Gasteiger partial charge in [-0.05, 0) is 12.0 Å². The lowest BCUT2D eigenvalue weighted by atomic mass is 10.2. The first-order chi connectivity index (χ1) is 11.5. The summed E-state index contributed by atoms with van der Waals surface area (Å²) < 4.78 is 0. The van der Waals surface area contributed by atoms with Gasteiger partial charge in [0.2, 0.25) is 0 Å². The lowest BCUT2D eigenvalue weighted by molar-refractivity contribution is -0.137. The van der Waals surface area contributed by atoms with Gasteiger partial charge < -0.3 is 10.0 Å². The number of thiazole rings is 1. The fourth-order valence-corrected chi connectivity index (χ4v) is 3.10. The molecule has 1 N–H and O–H groups in total. The zero-order valence-electron chi connectivity index (χ0n) is 13.9. The molecular formula is C18H22N2O3S. The van der Waals surface area contributed by atoms with Crippen LogP contribution in [-0.2, 0) is 11.3 Å². The predicted octanol–water partition coefficient (Wildman–Crippen LogP) is 3.77. The molecule has 0 aliphatic rings. The van der Waals surface area contributed by atoms with Gasteiger partial charge in [0.25, 0.3) is 5.91 Å². The molecule has 0 unspecified atom stereocenters. The van der Waals surface area contributed by atoms with E-state index in [1.54, 1.807) is 10.3 Å². The number of rotatable bonds is 8. The Labute approximate surface area is 146 Å². The molecule has 1 heterocycles. The summed E-state index contributed by atoms with van der Waals surface area (Å²) in [7, 11) is 0. The van der Waals surface area contributed by atoms with E-state index in [2.05, 4.69) is 4.98 Å². The van der Waals surface area contributed by atoms with Gasteiger partial charge in [0.15, 0.2) is 0 Å². The van der Waals surface area contributed by atoms with Crippen LogP contribution < -0.4 is 0 Å². The van der Waals surface area contributed by atoms with E-state index in [1.807, 2.05) is 44.2 Å². The van der Waals surface area contributed by atoms with E-state index in [9.17, 15) is 9.59 Å². The van der Waals surface area contributed by atoms with Gasteiger partial charge >= 0.3 is 5.97 Å². The van der Waals surface area contributed by atoms with E-state index in [1.165, 1.54) is 11.3 Å². The van der Waals surface area contributed by atoms with Gasteiger partial charge in [-0.1, -0.05) is 44.2 Å². The summed E-state index contributed by atoms with van der Waals surface area (Å²) in [6.45, 7) is 4.94. The monoisotopic (exact) mass is 346 g/mol. The van der Waals surface area contributed by atoms with Crippen molar-refractivity contribution in [1.82, 2.24) is 9.88 Å². The normalized spacial score (nSPS) is 10.8. The Bertz CT molecular complexity index is 683. The van der Waals surface area contributed by atoms with Gasteiger partial charge in [0.05, 0.1) is 5.01 Å². The number of aliphatic carboxylic acids is 1. The standard InChI is InChI=1S/C18H22N2O3S/c1-13(2)17-19-15(12-24-17)18(23)20(10-6-9-16(21)22)11-14-7-4-3-5-8-14/h3-5,7-8,12-13H,6,9-11H2,1-2H3,(H,21,22). The molecular weight excluding hydrogens is 324 g/mol. The van der Waals surface area contributed by atoms with Gasteiger partial charge in [-0.15, -0.1) is 11.3 Å². The smallest absolute Gasteiger partial charge is 0.303 e. The summed E-state index contributed by atoms with van der Waals surface area (Å²) in [4.78, 5) is 29.6. The van der Waals surface area contributed by atoms with Crippen LogP contribution in [0, 0.1) is 0 Å². The number of carboxylic acid groups (broad SMARTS) is 1. The summed E-state index contributed by atoms with van der Waals surface area (Å²) in [6.07, 6.45) is 0.474. The lowest BCUT2D eigenvalue weighted by Crippen LogP contribution is -2.32. The second-order valence-electron chi connectivity index (χ2n) is 5.94. The van der Waals surface area contributed by atoms with Crippen molar-refractivity contribution in [2.24, 2.45) is 0 Å². The Morgan fingerprint density at radius 1 is 1.25 bits per heavy atom. The molecule has 24 heavy (non-hydrogen) atoms. The molecule has 0 saturated heterocycles. The minimum absolute atomic E-state index is 0.0485. The summed E-state index contributed by atoms with van der Waals surface area (Å²) >= 11 is 1.49. The number of carbonyl (C=O) groups is 2. The second-order valence-corrected chi connectivity index (χ2v) is 6.82. The molecule has 1 aromatic heterocycles. The van der Waals surface area contributed by atoms with E-state index in [0.29, 0.717) is 25.2 Å². The van der Waals surface area contributed by atoms with Crippen LogP contribution in [0.3, 0.4) is 0 Å². The molecule has 2 aromatic rings. The van der Waals surface area contributed by atoms with E-state index in [4.69, 9.17) is 5.11 Å². The summed E-state index contributed by atoms with van der Waals surface area (Å²) in [5, 5.41) is 11.5. The molecule has 2 rings (SSSR count). The minimum atomic E-state index is -0.849. The van der Waals surface area contributed by atoms with Crippen molar-refractivity contribution in [1.29, 1.82) is 0 Å². The van der Waals surface area contributed by atoms with Crippen molar-refractivity contribution in [2.75, 3.05) is 6.54 Å². The number of hydrogen-bond donors (Lipinski definition) is 1. The van der Waals surface area contributed by atoms with Crippen LogP contribution in [0.5, 0.6) is 0 Å². The maximum absolute atomic E-state index is 12.8. The highest BCUT2D eigenvalue weighted by Gasteiger charge is 2.20. The van der Waals surface area contributed by atoms with Gasteiger partial charge in [0, 0.05) is 30.8 Å². The highest BCUT2D eigenvalue weighted by atomic mass is 32.1. The third kappa shape index (κ3) is 5.16. The molecule has 1 aromatic carbocycles. The van der Waals surface area contributed by atoms with Crippen LogP contribution in [0.15, 0.2) is 35.7 Å². The molecule has 0 spiro atoms. The molecule has 5 nitrogen and oxygen atoms in total. The predicted molar refractivity (Wildman–Crippen MR) is 94.3 cm³/mol. The minimum Gasteiger partial charge on any atom is -0.481 e. The van der Waals surface area contributed by atoms with Gasteiger partial charge in [-0.2, -0.15) is 0 Å². The molecule has 1 amide bonds. The quantitative estimate of drug-likeness (QED) is 0.790. The van der Waals surface area contributed by atoms with Crippen LogP contribution in [0.25, 0.3) is 0 Å². The third-order valence-electron chi connectivity index (χ3n) is 3.56. The Balaban J connectivity index is 2.13. The van der Waals surface area contributed by atoms with E-state index in [-0.39, 0.29) is 18.2 Å². The summed E-state index contributed by atoms with van der Waals surface area (Å²) in [5.74, 6) is -0.712. The number of nitrogens with zero attached hydrogens (tertiary/aromatic N) is 2. The molecule has 0 aliphatic heterocycles. The molecule has 0 saturated carbocycles. The number of aromatic nitrogens is 1. The average molecular weight is 346 g/mol. The zero-order valence-corrected chi connectivity index (χ0v) is 14.8. The summed E-state index contributed by atoms with van der Waals surface area (Å²) in [6, 6.07) is 9.69. The SMILES string of the molecule is CC(C)c1nc(C(=O)N(CCCC(=O)O)Cc2ccccc2)cs1. The number of carbonyl (C=O) groups excluding carboxylic acids is 1. The molecule has 128 valence electrons. The van der Waals surface area contributed by atoms with Crippen molar-refractivity contribution in [3.63, 3.8) is 0 Å².